The van der Waals surface area contributed by atoms with Crippen LogP contribution < -0.4 is 10.6 Å². The molecule has 0 aromatic carbocycles. The predicted molar refractivity (Wildman–Crippen MR) is 55.9 cm³/mol. The van der Waals surface area contributed by atoms with Crippen LogP contribution in [-0.4, -0.2) is 24.2 Å². The first-order valence-corrected chi connectivity index (χ1v) is 5.68. The molecule has 2 aliphatic rings. The second kappa shape index (κ2) is 3.25. The molecule has 2 N–H and O–H groups in total. The van der Waals surface area contributed by atoms with Crippen LogP contribution in [-0.2, 0) is 0 Å². The van der Waals surface area contributed by atoms with Gasteiger partial charge in [-0.1, -0.05) is 6.92 Å². The summed E-state index contributed by atoms with van der Waals surface area (Å²) in [7, 11) is 0. The van der Waals surface area contributed by atoms with Crippen LogP contribution in [0, 0.1) is 0 Å². The third kappa shape index (κ3) is 2.05. The average molecular weight is 182 g/mol. The lowest BCUT2D eigenvalue weighted by Crippen LogP contribution is -2.50. The topological polar surface area (TPSA) is 24.1 Å². The maximum atomic E-state index is 3.70. The summed E-state index contributed by atoms with van der Waals surface area (Å²) in [5, 5.41) is 7.36. The van der Waals surface area contributed by atoms with Gasteiger partial charge in [0.05, 0.1) is 0 Å². The third-order valence-corrected chi connectivity index (χ3v) is 3.86. The fraction of sp³-hybridized carbons (Fsp3) is 1.00. The zero-order valence-corrected chi connectivity index (χ0v) is 8.95. The zero-order valence-electron chi connectivity index (χ0n) is 8.95. The van der Waals surface area contributed by atoms with Gasteiger partial charge in [0, 0.05) is 17.6 Å². The molecule has 1 unspecified atom stereocenters. The Morgan fingerprint density at radius 3 is 2.54 bits per heavy atom. The highest BCUT2D eigenvalue weighted by molar-refractivity contribution is 5.02. The lowest BCUT2D eigenvalue weighted by molar-refractivity contribution is 0.321. The van der Waals surface area contributed by atoms with E-state index in [0.29, 0.717) is 11.1 Å². The second-order valence-electron chi connectivity index (χ2n) is 5.08. The summed E-state index contributed by atoms with van der Waals surface area (Å²) >= 11 is 0. The molecular weight excluding hydrogens is 160 g/mol. The Labute approximate surface area is 81.5 Å². The predicted octanol–water partition coefficient (Wildman–Crippen LogP) is 1.66. The van der Waals surface area contributed by atoms with E-state index in [2.05, 4.69) is 24.5 Å². The van der Waals surface area contributed by atoms with Crippen LogP contribution in [0.25, 0.3) is 0 Å². The van der Waals surface area contributed by atoms with E-state index in [1.165, 1.54) is 45.2 Å². The van der Waals surface area contributed by atoms with Crippen molar-refractivity contribution >= 4 is 0 Å². The molecule has 2 heteroatoms. The van der Waals surface area contributed by atoms with E-state index in [-0.39, 0.29) is 0 Å². The normalized spacial score (nSPS) is 36.5. The minimum absolute atomic E-state index is 0.422. The van der Waals surface area contributed by atoms with E-state index < -0.39 is 0 Å². The molecule has 13 heavy (non-hydrogen) atoms. The van der Waals surface area contributed by atoms with Crippen molar-refractivity contribution in [2.75, 3.05) is 13.1 Å². The van der Waals surface area contributed by atoms with Gasteiger partial charge in [-0.15, -0.1) is 0 Å². The average Bonchev–Trinajstić information content (AvgIpc) is 2.70. The molecule has 0 amide bonds. The van der Waals surface area contributed by atoms with Gasteiger partial charge >= 0.3 is 0 Å². The van der Waals surface area contributed by atoms with Gasteiger partial charge in [-0.25, -0.2) is 0 Å². The van der Waals surface area contributed by atoms with E-state index >= 15 is 0 Å². The summed E-state index contributed by atoms with van der Waals surface area (Å²) in [4.78, 5) is 0. The molecule has 76 valence electrons. The van der Waals surface area contributed by atoms with E-state index in [1.54, 1.807) is 0 Å². The summed E-state index contributed by atoms with van der Waals surface area (Å²) in [6.45, 7) is 7.02. The van der Waals surface area contributed by atoms with Crippen LogP contribution in [0.5, 0.6) is 0 Å². The van der Waals surface area contributed by atoms with Gasteiger partial charge in [-0.3, -0.25) is 0 Å². The smallest absolute Gasteiger partial charge is 0.0304 e. The zero-order chi connectivity index (χ0) is 9.36. The van der Waals surface area contributed by atoms with Crippen molar-refractivity contribution in [3.8, 4) is 0 Å². The highest BCUT2D eigenvalue weighted by Crippen LogP contribution is 2.35. The lowest BCUT2D eigenvalue weighted by atomic mass is 9.94. The van der Waals surface area contributed by atoms with Crippen LogP contribution in [0.2, 0.25) is 0 Å². The van der Waals surface area contributed by atoms with Gasteiger partial charge in [0.2, 0.25) is 0 Å². The van der Waals surface area contributed by atoms with Gasteiger partial charge in [0.1, 0.15) is 0 Å². The highest BCUT2D eigenvalue weighted by atomic mass is 15.1. The Bertz CT molecular complexity index is 179. The molecule has 2 fully saturated rings. The molecule has 0 aromatic rings. The standard InChI is InChI=1S/C11H22N2/c1-3-11(5-4-8-12-11)9-13-10(2)6-7-10/h12-13H,3-9H2,1-2H3. The van der Waals surface area contributed by atoms with E-state index in [9.17, 15) is 0 Å². The van der Waals surface area contributed by atoms with Crippen molar-refractivity contribution in [3.05, 3.63) is 0 Å². The number of hydrogen-bond acceptors (Lipinski definition) is 2. The van der Waals surface area contributed by atoms with Gasteiger partial charge in [-0.05, 0) is 45.6 Å². The Hall–Kier alpha value is -0.0800. The van der Waals surface area contributed by atoms with Crippen molar-refractivity contribution in [2.45, 2.75) is 57.0 Å². The van der Waals surface area contributed by atoms with Crippen molar-refractivity contribution in [3.63, 3.8) is 0 Å². The maximum absolute atomic E-state index is 3.70. The molecule has 1 aliphatic heterocycles. The summed E-state index contributed by atoms with van der Waals surface area (Å²) in [6.07, 6.45) is 6.70. The molecular formula is C11H22N2. The van der Waals surface area contributed by atoms with Gasteiger partial charge < -0.3 is 10.6 Å². The molecule has 0 radical (unpaired) electrons. The molecule has 0 aromatic heterocycles. The van der Waals surface area contributed by atoms with Crippen LogP contribution >= 0.6 is 0 Å². The Morgan fingerprint density at radius 2 is 2.08 bits per heavy atom. The Kier molecular flexibility index (Phi) is 2.37. The van der Waals surface area contributed by atoms with Crippen molar-refractivity contribution in [1.29, 1.82) is 0 Å². The van der Waals surface area contributed by atoms with Crippen molar-refractivity contribution in [2.24, 2.45) is 0 Å². The monoisotopic (exact) mass is 182 g/mol. The maximum Gasteiger partial charge on any atom is 0.0304 e. The van der Waals surface area contributed by atoms with Crippen LogP contribution in [0.4, 0.5) is 0 Å². The number of nitrogens with one attached hydrogen (secondary N) is 2. The van der Waals surface area contributed by atoms with Crippen LogP contribution in [0.1, 0.15) is 46.0 Å². The Morgan fingerprint density at radius 1 is 1.31 bits per heavy atom. The van der Waals surface area contributed by atoms with E-state index in [4.69, 9.17) is 0 Å². The first kappa shape index (κ1) is 9.47. The molecule has 1 saturated carbocycles. The van der Waals surface area contributed by atoms with Crippen molar-refractivity contribution in [1.82, 2.24) is 10.6 Å². The first-order chi connectivity index (χ1) is 6.18. The minimum Gasteiger partial charge on any atom is -0.310 e. The Balaban J connectivity index is 1.83. The van der Waals surface area contributed by atoms with Crippen LogP contribution in [0.3, 0.4) is 0 Å². The molecule has 0 spiro atoms. The molecule has 1 atom stereocenters. The largest absolute Gasteiger partial charge is 0.310 e. The summed E-state index contributed by atoms with van der Waals surface area (Å²) in [6, 6.07) is 0. The summed E-state index contributed by atoms with van der Waals surface area (Å²) in [5.74, 6) is 0. The molecule has 2 nitrogen and oxygen atoms in total. The van der Waals surface area contributed by atoms with E-state index in [1.807, 2.05) is 0 Å². The fourth-order valence-corrected chi connectivity index (χ4v) is 2.19. The molecule has 1 aliphatic carbocycles. The van der Waals surface area contributed by atoms with Crippen molar-refractivity contribution < 1.29 is 0 Å². The van der Waals surface area contributed by atoms with E-state index in [0.717, 1.165) is 0 Å². The molecule has 2 rings (SSSR count). The minimum atomic E-state index is 0.422. The first-order valence-electron chi connectivity index (χ1n) is 5.68. The van der Waals surface area contributed by atoms with Gasteiger partial charge in [0.15, 0.2) is 0 Å². The summed E-state index contributed by atoms with van der Waals surface area (Å²) < 4.78 is 0. The number of hydrogen-bond donors (Lipinski definition) is 2. The second-order valence-corrected chi connectivity index (χ2v) is 5.08. The SMILES string of the molecule is CCC1(CNC2(C)CC2)CCCN1. The van der Waals surface area contributed by atoms with Gasteiger partial charge in [-0.2, -0.15) is 0 Å². The quantitative estimate of drug-likeness (QED) is 0.691. The molecule has 1 heterocycles. The summed E-state index contributed by atoms with van der Waals surface area (Å²) in [5.41, 5.74) is 0.915. The van der Waals surface area contributed by atoms with Gasteiger partial charge in [0.25, 0.3) is 0 Å². The third-order valence-electron chi connectivity index (χ3n) is 3.86. The number of rotatable bonds is 4. The fourth-order valence-electron chi connectivity index (χ4n) is 2.19. The lowest BCUT2D eigenvalue weighted by Gasteiger charge is -2.30. The van der Waals surface area contributed by atoms with Crippen LogP contribution in [0.15, 0.2) is 0 Å². The highest BCUT2D eigenvalue weighted by Gasteiger charge is 2.40. The molecule has 0 bridgehead atoms. The molecule has 1 saturated heterocycles.